The van der Waals surface area contributed by atoms with Gasteiger partial charge in [-0.25, -0.2) is 4.79 Å². The number of esters is 1. The molecule has 2 unspecified atom stereocenters. The summed E-state index contributed by atoms with van der Waals surface area (Å²) in [5, 5.41) is 6.28. The summed E-state index contributed by atoms with van der Waals surface area (Å²) >= 11 is 6.07. The Morgan fingerprint density at radius 2 is 1.73 bits per heavy atom. The lowest BCUT2D eigenvalue weighted by Crippen LogP contribution is -2.58. The molecule has 0 aromatic heterocycles. The van der Waals surface area contributed by atoms with Crippen molar-refractivity contribution in [1.82, 2.24) is 15.5 Å². The van der Waals surface area contributed by atoms with E-state index in [1.807, 2.05) is 44.7 Å². The number of amides is 3. The van der Waals surface area contributed by atoms with E-state index in [2.05, 4.69) is 36.6 Å². The van der Waals surface area contributed by atoms with Crippen molar-refractivity contribution >= 4 is 29.5 Å². The summed E-state index contributed by atoms with van der Waals surface area (Å²) in [7, 11) is 0. The fraction of sp³-hybridized carbons (Fsp3) is 0.679. The third kappa shape index (κ3) is 8.60. The first-order valence-corrected chi connectivity index (χ1v) is 13.5. The Balaban J connectivity index is 1.98. The molecule has 1 aliphatic heterocycles. The average molecular weight is 537 g/mol. The molecule has 1 heterocycles. The smallest absolute Gasteiger partial charge is 0.323 e. The molecule has 1 aromatic carbocycles. The maximum Gasteiger partial charge on any atom is 0.323 e. The number of rotatable bonds is 9. The number of carbonyl (C=O) groups is 3. The number of carbonyl (C=O) groups excluding carboxylic acids is 3. The minimum absolute atomic E-state index is 0.0568. The predicted molar refractivity (Wildman–Crippen MR) is 147 cm³/mol. The average Bonchev–Trinajstić information content (AvgIpc) is 2.80. The van der Waals surface area contributed by atoms with Crippen molar-refractivity contribution in [3.05, 3.63) is 34.9 Å². The lowest BCUT2D eigenvalue weighted by Gasteiger charge is -2.45. The van der Waals surface area contributed by atoms with Crippen LogP contribution in [0.3, 0.4) is 0 Å². The Bertz CT molecular complexity index is 946. The second-order valence-electron chi connectivity index (χ2n) is 12.1. The van der Waals surface area contributed by atoms with Crippen LogP contribution in [0.2, 0.25) is 5.02 Å². The van der Waals surface area contributed by atoms with Crippen molar-refractivity contribution in [3.8, 4) is 0 Å². The number of nitrogens with zero attached hydrogens (tertiary/aromatic N) is 1. The number of hydrogen-bond donors (Lipinski definition) is 3. The van der Waals surface area contributed by atoms with Gasteiger partial charge in [-0.2, -0.15) is 0 Å². The maximum absolute atomic E-state index is 13.5. The van der Waals surface area contributed by atoms with E-state index in [1.165, 1.54) is 5.56 Å². The van der Waals surface area contributed by atoms with Gasteiger partial charge in [-0.3, -0.25) is 9.59 Å². The van der Waals surface area contributed by atoms with Crippen LogP contribution in [-0.4, -0.2) is 60.1 Å². The summed E-state index contributed by atoms with van der Waals surface area (Å²) in [6, 6.07) is 6.03. The number of nitrogens with one attached hydrogen (secondary N) is 2. The molecule has 1 aromatic rings. The van der Waals surface area contributed by atoms with Gasteiger partial charge in [0.1, 0.15) is 17.7 Å². The number of nitrogens with two attached hydrogens (primary N) is 1. The molecule has 1 aliphatic rings. The van der Waals surface area contributed by atoms with Crippen LogP contribution in [0.15, 0.2) is 24.3 Å². The maximum atomic E-state index is 13.5. The number of ether oxygens (including phenoxy) is 1. The van der Waals surface area contributed by atoms with E-state index in [-0.39, 0.29) is 29.7 Å². The Morgan fingerprint density at radius 3 is 2.24 bits per heavy atom. The first-order valence-electron chi connectivity index (χ1n) is 13.1. The molecule has 1 saturated heterocycles. The summed E-state index contributed by atoms with van der Waals surface area (Å²) in [6.07, 6.45) is 0.829. The second-order valence-corrected chi connectivity index (χ2v) is 12.6. The normalized spacial score (nSPS) is 19.4. The highest BCUT2D eigenvalue weighted by atomic mass is 35.5. The van der Waals surface area contributed by atoms with Crippen molar-refractivity contribution in [1.29, 1.82) is 0 Å². The SMILES string of the molecule is CC(C)C(NC(=O)NCC(C)(C)OC(=O)[C@@H](N)C(C)C)C(=O)N1CCC(c2ccc(Cl)cc2)C(C)(C)C1. The van der Waals surface area contributed by atoms with Gasteiger partial charge in [-0.15, -0.1) is 0 Å². The number of urea groups is 1. The fourth-order valence-electron chi connectivity index (χ4n) is 4.70. The largest absolute Gasteiger partial charge is 0.457 e. The molecule has 37 heavy (non-hydrogen) atoms. The molecule has 8 nitrogen and oxygen atoms in total. The van der Waals surface area contributed by atoms with E-state index in [0.29, 0.717) is 24.0 Å². The molecule has 0 radical (unpaired) electrons. The lowest BCUT2D eigenvalue weighted by atomic mass is 9.70. The van der Waals surface area contributed by atoms with Crippen molar-refractivity contribution < 1.29 is 19.1 Å². The molecular weight excluding hydrogens is 492 g/mol. The molecule has 3 amide bonds. The molecule has 0 bridgehead atoms. The van der Waals surface area contributed by atoms with Gasteiger partial charge < -0.3 is 26.0 Å². The number of benzene rings is 1. The van der Waals surface area contributed by atoms with Gasteiger partial charge in [0, 0.05) is 18.1 Å². The van der Waals surface area contributed by atoms with Crippen molar-refractivity contribution in [2.24, 2.45) is 23.0 Å². The Morgan fingerprint density at radius 1 is 1.14 bits per heavy atom. The highest BCUT2D eigenvalue weighted by Crippen LogP contribution is 2.42. The summed E-state index contributed by atoms with van der Waals surface area (Å²) in [5.41, 5.74) is 6.00. The third-order valence-electron chi connectivity index (χ3n) is 7.07. The van der Waals surface area contributed by atoms with Crippen LogP contribution in [-0.2, 0) is 14.3 Å². The molecule has 0 saturated carbocycles. The molecule has 0 spiro atoms. The highest BCUT2D eigenvalue weighted by molar-refractivity contribution is 6.30. The number of likely N-dealkylation sites (tertiary alicyclic amines) is 1. The van der Waals surface area contributed by atoms with E-state index < -0.39 is 29.7 Å². The van der Waals surface area contributed by atoms with Gasteiger partial charge in [-0.1, -0.05) is 65.3 Å². The zero-order valence-corrected chi connectivity index (χ0v) is 24.3. The standard InChI is InChI=1S/C28H45ClN4O4/c1-17(2)22(30)25(35)37-28(7,8)15-31-26(36)32-23(18(3)4)24(34)33-14-13-21(27(5,6)16-33)19-9-11-20(29)12-10-19/h9-12,17-18,21-23H,13-16,30H2,1-8H3,(H2,31,32,36)/t21?,22-,23?/m0/s1. The van der Waals surface area contributed by atoms with Gasteiger partial charge in [0.2, 0.25) is 5.91 Å². The minimum atomic E-state index is -0.953. The molecule has 3 atom stereocenters. The Labute approximate surface area is 227 Å². The van der Waals surface area contributed by atoms with Crippen LogP contribution in [0.25, 0.3) is 0 Å². The van der Waals surface area contributed by atoms with E-state index in [4.69, 9.17) is 22.1 Å². The molecule has 208 valence electrons. The zero-order chi connectivity index (χ0) is 28.1. The van der Waals surface area contributed by atoms with Crippen LogP contribution in [0.4, 0.5) is 4.79 Å². The van der Waals surface area contributed by atoms with E-state index >= 15 is 0 Å². The second kappa shape index (κ2) is 12.5. The predicted octanol–water partition coefficient (Wildman–Crippen LogP) is 4.31. The van der Waals surface area contributed by atoms with E-state index in [9.17, 15) is 14.4 Å². The van der Waals surface area contributed by atoms with Crippen LogP contribution in [0.1, 0.15) is 73.3 Å². The van der Waals surface area contributed by atoms with Crippen LogP contribution < -0.4 is 16.4 Å². The number of halogens is 1. The van der Waals surface area contributed by atoms with Crippen LogP contribution in [0.5, 0.6) is 0 Å². The molecule has 4 N–H and O–H groups in total. The van der Waals surface area contributed by atoms with E-state index in [0.717, 1.165) is 6.42 Å². The molecule has 2 rings (SSSR count). The summed E-state index contributed by atoms with van der Waals surface area (Å²) in [6.45, 7) is 16.5. The lowest BCUT2D eigenvalue weighted by molar-refractivity contribution is -0.158. The number of hydrogen-bond acceptors (Lipinski definition) is 5. The van der Waals surface area contributed by atoms with Gasteiger partial charge in [-0.05, 0) is 61.1 Å². The highest BCUT2D eigenvalue weighted by Gasteiger charge is 2.40. The summed E-state index contributed by atoms with van der Waals surface area (Å²) in [5.74, 6) is -0.469. The molecular formula is C28H45ClN4O4. The third-order valence-corrected chi connectivity index (χ3v) is 7.33. The van der Waals surface area contributed by atoms with Gasteiger partial charge in [0.25, 0.3) is 0 Å². The summed E-state index contributed by atoms with van der Waals surface area (Å²) in [4.78, 5) is 40.3. The van der Waals surface area contributed by atoms with Crippen molar-refractivity contribution in [2.45, 2.75) is 85.4 Å². The molecule has 9 heteroatoms. The van der Waals surface area contributed by atoms with E-state index in [1.54, 1.807) is 13.8 Å². The Hall–Kier alpha value is -2.32. The topological polar surface area (TPSA) is 114 Å². The van der Waals surface area contributed by atoms with Gasteiger partial charge in [0.05, 0.1) is 6.54 Å². The first-order chi connectivity index (χ1) is 17.0. The van der Waals surface area contributed by atoms with Crippen molar-refractivity contribution in [2.75, 3.05) is 19.6 Å². The molecule has 1 fully saturated rings. The molecule has 0 aliphatic carbocycles. The van der Waals surface area contributed by atoms with Gasteiger partial charge >= 0.3 is 12.0 Å². The first kappa shape index (κ1) is 30.9. The fourth-order valence-corrected chi connectivity index (χ4v) is 4.83. The minimum Gasteiger partial charge on any atom is -0.457 e. The number of piperidine rings is 1. The quantitative estimate of drug-likeness (QED) is 0.407. The zero-order valence-electron chi connectivity index (χ0n) is 23.6. The van der Waals surface area contributed by atoms with Crippen LogP contribution >= 0.6 is 11.6 Å². The van der Waals surface area contributed by atoms with Gasteiger partial charge in [0.15, 0.2) is 0 Å². The van der Waals surface area contributed by atoms with Crippen molar-refractivity contribution in [3.63, 3.8) is 0 Å². The van der Waals surface area contributed by atoms with Crippen LogP contribution in [0, 0.1) is 17.3 Å². The monoisotopic (exact) mass is 536 g/mol. The Kier molecular flexibility index (Phi) is 10.4. The summed E-state index contributed by atoms with van der Waals surface area (Å²) < 4.78 is 5.49.